The van der Waals surface area contributed by atoms with Gasteiger partial charge in [0.2, 0.25) is 5.88 Å². The van der Waals surface area contributed by atoms with Crippen molar-refractivity contribution in [2.75, 3.05) is 0 Å². The highest BCUT2D eigenvalue weighted by atomic mass is 127. The zero-order valence-electron chi connectivity index (χ0n) is 12.0. The molecule has 0 saturated heterocycles. The van der Waals surface area contributed by atoms with E-state index in [9.17, 15) is 0 Å². The Morgan fingerprint density at radius 1 is 1.17 bits per heavy atom. The fraction of sp³-hybridized carbons (Fsp3) is 0.667. The van der Waals surface area contributed by atoms with E-state index in [4.69, 9.17) is 4.74 Å². The van der Waals surface area contributed by atoms with Gasteiger partial charge in [0.25, 0.3) is 0 Å². The van der Waals surface area contributed by atoms with Gasteiger partial charge in [0.1, 0.15) is 0 Å². The van der Waals surface area contributed by atoms with Crippen LogP contribution in [-0.2, 0) is 0 Å². The first-order chi connectivity index (χ1) is 8.40. The van der Waals surface area contributed by atoms with E-state index in [0.717, 1.165) is 18.0 Å². The monoisotopic (exact) mass is 361 g/mol. The second kappa shape index (κ2) is 7.31. The predicted molar refractivity (Wildman–Crippen MR) is 85.7 cm³/mol. The first kappa shape index (κ1) is 15.7. The van der Waals surface area contributed by atoms with Gasteiger partial charge in [-0.2, -0.15) is 0 Å². The Morgan fingerprint density at radius 3 is 2.39 bits per heavy atom. The maximum Gasteiger partial charge on any atom is 0.213 e. The van der Waals surface area contributed by atoms with Crippen molar-refractivity contribution in [2.24, 2.45) is 5.92 Å². The zero-order valence-corrected chi connectivity index (χ0v) is 14.1. The van der Waals surface area contributed by atoms with Gasteiger partial charge < -0.3 is 4.74 Å². The first-order valence-electron chi connectivity index (χ1n) is 6.67. The molecule has 18 heavy (non-hydrogen) atoms. The highest BCUT2D eigenvalue weighted by Crippen LogP contribution is 2.21. The number of pyridine rings is 1. The summed E-state index contributed by atoms with van der Waals surface area (Å²) < 4.78 is 6.55. The lowest BCUT2D eigenvalue weighted by molar-refractivity contribution is 0.197. The third-order valence-electron chi connectivity index (χ3n) is 2.94. The maximum absolute atomic E-state index is 5.91. The van der Waals surface area contributed by atoms with Crippen LogP contribution in [0.15, 0.2) is 18.2 Å². The van der Waals surface area contributed by atoms with E-state index in [1.165, 1.54) is 0 Å². The highest BCUT2D eigenvalue weighted by Gasteiger charge is 2.15. The molecule has 0 amide bonds. The third-order valence-corrected chi connectivity index (χ3v) is 4.89. The molecule has 0 N–H and O–H groups in total. The molecule has 102 valence electrons. The van der Waals surface area contributed by atoms with Gasteiger partial charge >= 0.3 is 0 Å². The third kappa shape index (κ3) is 5.12. The number of hydrogen-bond acceptors (Lipinski definition) is 2. The number of hydrogen-bond donors (Lipinski definition) is 0. The van der Waals surface area contributed by atoms with Crippen molar-refractivity contribution in [3.05, 3.63) is 23.9 Å². The molecule has 0 radical (unpaired) electrons. The van der Waals surface area contributed by atoms with Crippen molar-refractivity contribution >= 4 is 22.6 Å². The minimum atomic E-state index is 0.212. The van der Waals surface area contributed by atoms with E-state index < -0.39 is 0 Å². The van der Waals surface area contributed by atoms with Crippen molar-refractivity contribution in [3.63, 3.8) is 0 Å². The van der Waals surface area contributed by atoms with Crippen LogP contribution in [0.5, 0.6) is 5.88 Å². The Hall–Kier alpha value is -0.320. The fourth-order valence-electron chi connectivity index (χ4n) is 1.66. The summed E-state index contributed by atoms with van der Waals surface area (Å²) >= 11 is 2.51. The summed E-state index contributed by atoms with van der Waals surface area (Å²) in [5, 5.41) is 0. The van der Waals surface area contributed by atoms with Crippen LogP contribution in [0.4, 0.5) is 0 Å². The summed E-state index contributed by atoms with van der Waals surface area (Å²) in [5.74, 6) is 1.88. The zero-order chi connectivity index (χ0) is 13.7. The second-order valence-corrected chi connectivity index (χ2v) is 7.08. The molecular weight excluding hydrogens is 337 g/mol. The minimum Gasteiger partial charge on any atom is -0.475 e. The van der Waals surface area contributed by atoms with E-state index in [-0.39, 0.29) is 6.10 Å². The quantitative estimate of drug-likeness (QED) is 0.535. The van der Waals surface area contributed by atoms with Gasteiger partial charge in [0.15, 0.2) is 0 Å². The van der Waals surface area contributed by atoms with E-state index >= 15 is 0 Å². The Bertz CT molecular complexity index is 365. The summed E-state index contributed by atoms with van der Waals surface area (Å²) in [6.07, 6.45) is 1.27. The van der Waals surface area contributed by atoms with E-state index in [2.05, 4.69) is 68.3 Å². The van der Waals surface area contributed by atoms with Crippen LogP contribution < -0.4 is 4.74 Å². The average molecular weight is 361 g/mol. The highest BCUT2D eigenvalue weighted by molar-refractivity contribution is 14.1. The Balaban J connectivity index is 2.59. The van der Waals surface area contributed by atoms with E-state index in [0.29, 0.717) is 15.8 Å². The van der Waals surface area contributed by atoms with Gasteiger partial charge in [0.05, 0.1) is 6.10 Å². The molecule has 0 aliphatic heterocycles. The fourth-order valence-corrected chi connectivity index (χ4v) is 2.38. The van der Waals surface area contributed by atoms with E-state index in [1.807, 2.05) is 12.1 Å². The molecule has 2 atom stereocenters. The largest absolute Gasteiger partial charge is 0.475 e. The van der Waals surface area contributed by atoms with Gasteiger partial charge in [-0.05, 0) is 31.2 Å². The number of aromatic nitrogens is 1. The van der Waals surface area contributed by atoms with Crippen LogP contribution in [0.25, 0.3) is 0 Å². The van der Waals surface area contributed by atoms with Gasteiger partial charge in [-0.25, -0.2) is 4.98 Å². The molecule has 0 fully saturated rings. The van der Waals surface area contributed by atoms with Crippen molar-refractivity contribution in [3.8, 4) is 5.88 Å². The van der Waals surface area contributed by atoms with Crippen LogP contribution in [0, 0.1) is 5.92 Å². The summed E-state index contributed by atoms with van der Waals surface area (Å²) in [6.45, 7) is 10.9. The lowest BCUT2D eigenvalue weighted by atomic mass is 10.1. The Kier molecular flexibility index (Phi) is 6.39. The van der Waals surface area contributed by atoms with Crippen molar-refractivity contribution in [1.82, 2.24) is 4.98 Å². The summed E-state index contributed by atoms with van der Waals surface area (Å²) in [5.41, 5.74) is 1.09. The lowest BCUT2D eigenvalue weighted by Gasteiger charge is -2.20. The van der Waals surface area contributed by atoms with Crippen LogP contribution >= 0.6 is 22.6 Å². The summed E-state index contributed by atoms with van der Waals surface area (Å²) in [6, 6.07) is 6.02. The molecule has 0 spiro atoms. The molecule has 1 rings (SSSR count). The molecule has 2 unspecified atom stereocenters. The summed E-state index contributed by atoms with van der Waals surface area (Å²) in [7, 11) is 0. The SMILES string of the molecule is CC(CC(I)C(C)C)Oc1cccc(C(C)C)n1. The van der Waals surface area contributed by atoms with Gasteiger partial charge in [-0.1, -0.05) is 56.4 Å². The number of rotatable bonds is 6. The topological polar surface area (TPSA) is 22.1 Å². The first-order valence-corrected chi connectivity index (χ1v) is 7.92. The molecule has 0 saturated carbocycles. The average Bonchev–Trinajstić information content (AvgIpc) is 2.28. The molecular formula is C15H24INO. The Morgan fingerprint density at radius 2 is 1.83 bits per heavy atom. The van der Waals surface area contributed by atoms with Gasteiger partial charge in [0, 0.05) is 15.7 Å². The van der Waals surface area contributed by atoms with Crippen LogP contribution in [-0.4, -0.2) is 15.0 Å². The maximum atomic E-state index is 5.91. The lowest BCUT2D eigenvalue weighted by Crippen LogP contribution is -2.20. The van der Waals surface area contributed by atoms with Crippen LogP contribution in [0.1, 0.15) is 52.7 Å². The number of halogens is 1. The normalized spacial score (nSPS) is 14.9. The molecule has 1 aromatic heterocycles. The standard InChI is InChI=1S/C15H24INO/c1-10(2)13(16)9-12(5)18-15-8-6-7-14(17-15)11(3)4/h6-8,10-13H,9H2,1-5H3. The predicted octanol–water partition coefficient (Wildman–Crippen LogP) is 4.82. The summed E-state index contributed by atoms with van der Waals surface area (Å²) in [4.78, 5) is 4.54. The van der Waals surface area contributed by atoms with Crippen molar-refractivity contribution < 1.29 is 4.74 Å². The molecule has 0 aromatic carbocycles. The minimum absolute atomic E-state index is 0.212. The van der Waals surface area contributed by atoms with Crippen molar-refractivity contribution in [1.29, 1.82) is 0 Å². The second-order valence-electron chi connectivity index (χ2n) is 5.48. The molecule has 1 aromatic rings. The smallest absolute Gasteiger partial charge is 0.213 e. The molecule has 0 aliphatic carbocycles. The molecule has 0 bridgehead atoms. The van der Waals surface area contributed by atoms with Crippen molar-refractivity contribution in [2.45, 2.75) is 57.0 Å². The molecule has 3 heteroatoms. The van der Waals surface area contributed by atoms with Gasteiger partial charge in [-0.15, -0.1) is 0 Å². The number of alkyl halides is 1. The van der Waals surface area contributed by atoms with Crippen LogP contribution in [0.3, 0.4) is 0 Å². The molecule has 2 nitrogen and oxygen atoms in total. The number of ether oxygens (including phenoxy) is 1. The van der Waals surface area contributed by atoms with Gasteiger partial charge in [-0.3, -0.25) is 0 Å². The molecule has 1 heterocycles. The van der Waals surface area contributed by atoms with Crippen LogP contribution in [0.2, 0.25) is 0 Å². The Labute approximate surface area is 125 Å². The van der Waals surface area contributed by atoms with E-state index in [1.54, 1.807) is 0 Å². The number of nitrogens with zero attached hydrogens (tertiary/aromatic N) is 1. The molecule has 0 aliphatic rings.